The Labute approximate surface area is 138 Å². The fraction of sp³-hybridized carbons (Fsp3) is 0.250. The number of esters is 1. The van der Waals surface area contributed by atoms with Crippen molar-refractivity contribution in [2.24, 2.45) is 0 Å². The van der Waals surface area contributed by atoms with Crippen LogP contribution >= 0.6 is 11.8 Å². The summed E-state index contributed by atoms with van der Waals surface area (Å²) in [5, 5.41) is 3.27. The Bertz CT molecular complexity index is 762. The Kier molecular flexibility index (Phi) is 5.33. The van der Waals surface area contributed by atoms with Crippen LogP contribution < -0.4 is 5.32 Å². The molecule has 1 aromatic carbocycles. The Hall–Kier alpha value is -2.41. The first-order valence-corrected chi connectivity index (χ1v) is 8.07. The first-order valence-electron chi connectivity index (χ1n) is 6.84. The third-order valence-electron chi connectivity index (χ3n) is 3.15. The second kappa shape index (κ2) is 7.23. The molecule has 1 N–H and O–H groups in total. The average Bonchev–Trinajstić information content (AvgIpc) is 2.55. The number of aromatic nitrogens is 2. The summed E-state index contributed by atoms with van der Waals surface area (Å²) in [6, 6.07) is 6.68. The molecule has 0 spiro atoms. The minimum Gasteiger partial charge on any atom is -0.465 e. The molecule has 7 heteroatoms. The molecule has 0 bridgehead atoms. The predicted octanol–water partition coefficient (Wildman–Crippen LogP) is 2.85. The molecule has 0 saturated carbocycles. The van der Waals surface area contributed by atoms with Crippen LogP contribution in [0.25, 0.3) is 0 Å². The van der Waals surface area contributed by atoms with Gasteiger partial charge in [0, 0.05) is 11.4 Å². The standard InChI is InChI=1S/C16H17N3O3S/c1-9-5-6-11(8-12(9)15(21)22-3)18-14(20)13-7-10(2)17-16(19-13)23-4/h5-8H,1-4H3,(H,18,20). The van der Waals surface area contributed by atoms with Crippen LogP contribution in [-0.2, 0) is 4.74 Å². The van der Waals surface area contributed by atoms with Crippen molar-refractivity contribution in [1.29, 1.82) is 0 Å². The molecule has 0 atom stereocenters. The lowest BCUT2D eigenvalue weighted by molar-refractivity contribution is 0.0599. The van der Waals surface area contributed by atoms with Gasteiger partial charge >= 0.3 is 5.97 Å². The van der Waals surface area contributed by atoms with Gasteiger partial charge in [-0.2, -0.15) is 0 Å². The van der Waals surface area contributed by atoms with E-state index in [9.17, 15) is 9.59 Å². The van der Waals surface area contributed by atoms with Gasteiger partial charge in [-0.25, -0.2) is 14.8 Å². The van der Waals surface area contributed by atoms with Gasteiger partial charge in [0.1, 0.15) is 5.69 Å². The number of anilines is 1. The lowest BCUT2D eigenvalue weighted by Gasteiger charge is -2.09. The van der Waals surface area contributed by atoms with E-state index in [1.165, 1.54) is 18.9 Å². The lowest BCUT2D eigenvalue weighted by atomic mass is 10.1. The van der Waals surface area contributed by atoms with Gasteiger partial charge in [0.25, 0.3) is 5.91 Å². The van der Waals surface area contributed by atoms with Crippen LogP contribution in [0.3, 0.4) is 0 Å². The molecule has 0 unspecified atom stereocenters. The Balaban J connectivity index is 2.27. The molecule has 23 heavy (non-hydrogen) atoms. The van der Waals surface area contributed by atoms with Crippen molar-refractivity contribution in [2.75, 3.05) is 18.7 Å². The smallest absolute Gasteiger partial charge is 0.338 e. The summed E-state index contributed by atoms with van der Waals surface area (Å²) in [6.45, 7) is 3.61. The number of hydrogen-bond acceptors (Lipinski definition) is 6. The molecule has 0 fully saturated rings. The normalized spacial score (nSPS) is 10.3. The first kappa shape index (κ1) is 17.0. The van der Waals surface area contributed by atoms with Gasteiger partial charge in [-0.15, -0.1) is 0 Å². The molecule has 1 aromatic heterocycles. The van der Waals surface area contributed by atoms with Crippen LogP contribution in [0.5, 0.6) is 0 Å². The third kappa shape index (κ3) is 4.07. The number of carbonyl (C=O) groups excluding carboxylic acids is 2. The highest BCUT2D eigenvalue weighted by Gasteiger charge is 2.14. The molecule has 2 rings (SSSR count). The second-order valence-corrected chi connectivity index (χ2v) is 5.63. The minimum absolute atomic E-state index is 0.280. The topological polar surface area (TPSA) is 81.2 Å². The van der Waals surface area contributed by atoms with Crippen molar-refractivity contribution < 1.29 is 14.3 Å². The maximum Gasteiger partial charge on any atom is 0.338 e. The summed E-state index contributed by atoms with van der Waals surface area (Å²) in [6.07, 6.45) is 1.85. The second-order valence-electron chi connectivity index (χ2n) is 4.86. The Morgan fingerprint density at radius 2 is 1.91 bits per heavy atom. The summed E-state index contributed by atoms with van der Waals surface area (Å²) in [7, 11) is 1.32. The van der Waals surface area contributed by atoms with Gasteiger partial charge in [0.15, 0.2) is 5.16 Å². The largest absolute Gasteiger partial charge is 0.465 e. The van der Waals surface area contributed by atoms with Crippen LogP contribution in [0.4, 0.5) is 5.69 Å². The number of hydrogen-bond donors (Lipinski definition) is 1. The van der Waals surface area contributed by atoms with E-state index in [2.05, 4.69) is 15.3 Å². The Morgan fingerprint density at radius 3 is 2.57 bits per heavy atom. The number of thioether (sulfide) groups is 1. The number of ether oxygens (including phenoxy) is 1. The fourth-order valence-corrected chi connectivity index (χ4v) is 2.40. The van der Waals surface area contributed by atoms with Gasteiger partial charge in [-0.1, -0.05) is 17.8 Å². The highest BCUT2D eigenvalue weighted by molar-refractivity contribution is 7.98. The SMILES string of the molecule is COC(=O)c1cc(NC(=O)c2cc(C)nc(SC)n2)ccc1C. The van der Waals surface area contributed by atoms with Gasteiger partial charge in [0.2, 0.25) is 0 Å². The molecule has 0 saturated heterocycles. The number of amides is 1. The van der Waals surface area contributed by atoms with Crippen molar-refractivity contribution in [3.63, 3.8) is 0 Å². The molecular formula is C16H17N3O3S. The molecule has 0 aliphatic rings. The summed E-state index contributed by atoms with van der Waals surface area (Å²) in [5.41, 5.74) is 2.69. The summed E-state index contributed by atoms with van der Waals surface area (Å²) >= 11 is 1.37. The molecule has 6 nitrogen and oxygen atoms in total. The third-order valence-corrected chi connectivity index (χ3v) is 3.70. The van der Waals surface area contributed by atoms with Crippen LogP contribution in [0.1, 0.15) is 32.1 Å². The van der Waals surface area contributed by atoms with Gasteiger partial charge in [0.05, 0.1) is 12.7 Å². The van der Waals surface area contributed by atoms with Crippen LogP contribution in [0.15, 0.2) is 29.4 Å². The minimum atomic E-state index is -0.443. The highest BCUT2D eigenvalue weighted by atomic mass is 32.2. The van der Waals surface area contributed by atoms with E-state index in [0.29, 0.717) is 22.1 Å². The van der Waals surface area contributed by atoms with Crippen molar-refractivity contribution >= 4 is 29.3 Å². The number of carbonyl (C=O) groups is 2. The molecule has 0 radical (unpaired) electrons. The first-order chi connectivity index (χ1) is 10.9. The predicted molar refractivity (Wildman–Crippen MR) is 89.0 cm³/mol. The fourth-order valence-electron chi connectivity index (χ4n) is 1.97. The molecule has 0 aliphatic carbocycles. The maximum atomic E-state index is 12.3. The summed E-state index contributed by atoms with van der Waals surface area (Å²) < 4.78 is 4.73. The number of rotatable bonds is 4. The van der Waals surface area contributed by atoms with Crippen molar-refractivity contribution in [1.82, 2.24) is 9.97 Å². The van der Waals surface area contributed by atoms with Crippen molar-refractivity contribution in [2.45, 2.75) is 19.0 Å². The molecule has 0 aliphatic heterocycles. The lowest BCUT2D eigenvalue weighted by Crippen LogP contribution is -2.15. The van der Waals surface area contributed by atoms with E-state index in [0.717, 1.165) is 5.56 Å². The van der Waals surface area contributed by atoms with E-state index in [4.69, 9.17) is 4.74 Å². The number of methoxy groups -OCH3 is 1. The monoisotopic (exact) mass is 331 g/mol. The summed E-state index contributed by atoms with van der Waals surface area (Å²) in [4.78, 5) is 32.5. The van der Waals surface area contributed by atoms with E-state index in [1.807, 2.05) is 6.26 Å². The Morgan fingerprint density at radius 1 is 1.17 bits per heavy atom. The van der Waals surface area contributed by atoms with Gasteiger partial charge in [-0.05, 0) is 43.9 Å². The van der Waals surface area contributed by atoms with Crippen LogP contribution in [-0.4, -0.2) is 35.2 Å². The molecular weight excluding hydrogens is 314 g/mol. The van der Waals surface area contributed by atoms with Crippen LogP contribution in [0.2, 0.25) is 0 Å². The quantitative estimate of drug-likeness (QED) is 0.527. The average molecular weight is 331 g/mol. The van der Waals surface area contributed by atoms with Crippen molar-refractivity contribution in [3.8, 4) is 0 Å². The maximum absolute atomic E-state index is 12.3. The number of nitrogens with one attached hydrogen (secondary N) is 1. The van der Waals surface area contributed by atoms with E-state index in [-0.39, 0.29) is 11.6 Å². The molecule has 1 heterocycles. The molecule has 1 amide bonds. The highest BCUT2D eigenvalue weighted by Crippen LogP contribution is 2.18. The molecule has 2 aromatic rings. The van der Waals surface area contributed by atoms with Crippen molar-refractivity contribution in [3.05, 3.63) is 46.8 Å². The van der Waals surface area contributed by atoms with E-state index >= 15 is 0 Å². The zero-order valence-electron chi connectivity index (χ0n) is 13.3. The van der Waals surface area contributed by atoms with E-state index in [1.54, 1.807) is 38.1 Å². The van der Waals surface area contributed by atoms with Crippen LogP contribution in [0, 0.1) is 13.8 Å². The number of aryl methyl sites for hydroxylation is 2. The molecule has 120 valence electrons. The summed E-state index contributed by atoms with van der Waals surface area (Å²) in [5.74, 6) is -0.799. The van der Waals surface area contributed by atoms with Gasteiger partial charge < -0.3 is 10.1 Å². The number of nitrogens with zero attached hydrogens (tertiary/aromatic N) is 2. The van der Waals surface area contributed by atoms with Gasteiger partial charge in [-0.3, -0.25) is 4.79 Å². The zero-order valence-corrected chi connectivity index (χ0v) is 14.2. The number of benzene rings is 1. The van der Waals surface area contributed by atoms with E-state index < -0.39 is 5.97 Å². The zero-order chi connectivity index (χ0) is 17.0.